The van der Waals surface area contributed by atoms with Crippen molar-refractivity contribution in [3.8, 4) is 11.5 Å². The van der Waals surface area contributed by atoms with E-state index in [1.165, 1.54) is 24.3 Å². The summed E-state index contributed by atoms with van der Waals surface area (Å²) < 4.78 is 39.8. The summed E-state index contributed by atoms with van der Waals surface area (Å²) >= 11 is 0. The minimum atomic E-state index is -0.674. The van der Waals surface area contributed by atoms with Gasteiger partial charge in [-0.25, -0.2) is 8.78 Å². The van der Waals surface area contributed by atoms with Crippen LogP contribution in [0.2, 0.25) is 0 Å². The van der Waals surface area contributed by atoms with Crippen molar-refractivity contribution in [2.75, 3.05) is 13.2 Å². The molecular formula is C23H26F2O4. The molecule has 29 heavy (non-hydrogen) atoms. The van der Waals surface area contributed by atoms with Crippen molar-refractivity contribution in [1.29, 1.82) is 0 Å². The number of aliphatic hydroxyl groups excluding tert-OH is 2. The fourth-order valence-electron chi connectivity index (χ4n) is 4.75. The molecule has 2 aliphatic heterocycles. The van der Waals surface area contributed by atoms with E-state index in [1.54, 1.807) is 12.1 Å². The quantitative estimate of drug-likeness (QED) is 0.766. The maximum absolute atomic E-state index is 13.6. The van der Waals surface area contributed by atoms with E-state index in [4.69, 9.17) is 9.47 Å². The van der Waals surface area contributed by atoms with Crippen LogP contribution in [0.4, 0.5) is 8.78 Å². The van der Waals surface area contributed by atoms with Crippen LogP contribution in [-0.4, -0.2) is 34.6 Å². The van der Waals surface area contributed by atoms with Crippen molar-refractivity contribution < 1.29 is 28.5 Å². The average Bonchev–Trinajstić information content (AvgIpc) is 2.69. The maximum atomic E-state index is 13.6. The Bertz CT molecular complexity index is 816. The molecule has 2 aliphatic rings. The predicted octanol–water partition coefficient (Wildman–Crippen LogP) is 3.95. The molecule has 6 heteroatoms. The van der Waals surface area contributed by atoms with Gasteiger partial charge in [-0.2, -0.15) is 0 Å². The van der Waals surface area contributed by atoms with Crippen LogP contribution < -0.4 is 9.47 Å². The number of ether oxygens (including phenoxy) is 2. The molecule has 0 saturated carbocycles. The summed E-state index contributed by atoms with van der Waals surface area (Å²) in [5.74, 6) is 0.670. The minimum Gasteiger partial charge on any atom is -0.487 e. The molecule has 0 amide bonds. The van der Waals surface area contributed by atoms with Gasteiger partial charge in [0.1, 0.15) is 34.3 Å². The number of hydrogen-bond acceptors (Lipinski definition) is 4. The van der Waals surface area contributed by atoms with E-state index < -0.39 is 11.2 Å². The second-order valence-corrected chi connectivity index (χ2v) is 8.20. The molecule has 4 rings (SSSR count). The molecule has 2 aromatic carbocycles. The van der Waals surface area contributed by atoms with E-state index in [9.17, 15) is 19.0 Å². The van der Waals surface area contributed by atoms with Crippen LogP contribution in [0.15, 0.2) is 36.4 Å². The van der Waals surface area contributed by atoms with Gasteiger partial charge in [-0.15, -0.1) is 0 Å². The standard InChI is InChI=1S/C23H26F2O4/c24-18-1-3-20-16(13-18)5-7-22(28-20,9-11-26)15-23(10-12-27)8-6-17-14-19(25)2-4-21(17)29-23/h1-4,13-14,26-27H,5-12,15H2. The normalized spacial score (nSPS) is 25.5. The van der Waals surface area contributed by atoms with Crippen molar-refractivity contribution >= 4 is 0 Å². The summed E-state index contributed by atoms with van der Waals surface area (Å²) in [6.07, 6.45) is 3.84. The van der Waals surface area contributed by atoms with Gasteiger partial charge in [-0.05, 0) is 73.2 Å². The third kappa shape index (κ3) is 4.09. The molecular weight excluding hydrogens is 378 g/mol. The number of rotatable bonds is 6. The monoisotopic (exact) mass is 404 g/mol. The number of hydrogen-bond donors (Lipinski definition) is 2. The van der Waals surface area contributed by atoms with E-state index in [0.717, 1.165) is 11.1 Å². The minimum absolute atomic E-state index is 0.0481. The van der Waals surface area contributed by atoms with Crippen LogP contribution in [0.1, 0.15) is 43.2 Å². The molecule has 2 atom stereocenters. The van der Waals surface area contributed by atoms with Gasteiger partial charge in [0.05, 0.1) is 0 Å². The number of halogens is 2. The third-order valence-electron chi connectivity index (χ3n) is 6.18. The van der Waals surface area contributed by atoms with Crippen LogP contribution in [0.5, 0.6) is 11.5 Å². The first-order chi connectivity index (χ1) is 14.0. The Morgan fingerprint density at radius 3 is 1.62 bits per heavy atom. The van der Waals surface area contributed by atoms with Crippen molar-refractivity contribution in [2.24, 2.45) is 0 Å². The van der Waals surface area contributed by atoms with Crippen LogP contribution in [0.3, 0.4) is 0 Å². The van der Waals surface area contributed by atoms with Gasteiger partial charge in [-0.3, -0.25) is 0 Å². The Morgan fingerprint density at radius 1 is 0.759 bits per heavy atom. The van der Waals surface area contributed by atoms with Gasteiger partial charge in [0.15, 0.2) is 0 Å². The van der Waals surface area contributed by atoms with Gasteiger partial charge < -0.3 is 19.7 Å². The summed E-state index contributed by atoms with van der Waals surface area (Å²) in [6, 6.07) is 8.99. The molecule has 4 nitrogen and oxygen atoms in total. The molecule has 0 aromatic heterocycles. The first-order valence-electron chi connectivity index (χ1n) is 10.1. The molecule has 0 saturated heterocycles. The molecule has 2 aromatic rings. The summed E-state index contributed by atoms with van der Waals surface area (Å²) in [7, 11) is 0. The summed E-state index contributed by atoms with van der Waals surface area (Å²) in [6.45, 7) is -0.0962. The van der Waals surface area contributed by atoms with E-state index in [0.29, 0.717) is 56.4 Å². The Hall–Kier alpha value is -2.18. The highest BCUT2D eigenvalue weighted by Crippen LogP contribution is 2.45. The number of benzene rings is 2. The van der Waals surface area contributed by atoms with Crippen molar-refractivity contribution in [1.82, 2.24) is 0 Å². The number of aliphatic hydroxyl groups is 2. The van der Waals surface area contributed by atoms with Gasteiger partial charge in [0.25, 0.3) is 0 Å². The lowest BCUT2D eigenvalue weighted by atomic mass is 9.75. The highest BCUT2D eigenvalue weighted by atomic mass is 19.1. The fourth-order valence-corrected chi connectivity index (χ4v) is 4.75. The average molecular weight is 404 g/mol. The lowest BCUT2D eigenvalue weighted by Gasteiger charge is -2.47. The zero-order chi connectivity index (χ0) is 20.5. The van der Waals surface area contributed by atoms with Crippen molar-refractivity contribution in [3.63, 3.8) is 0 Å². The third-order valence-corrected chi connectivity index (χ3v) is 6.18. The zero-order valence-electron chi connectivity index (χ0n) is 16.3. The van der Waals surface area contributed by atoms with Gasteiger partial charge in [0, 0.05) is 32.5 Å². The van der Waals surface area contributed by atoms with E-state index >= 15 is 0 Å². The number of fused-ring (bicyclic) bond motifs is 2. The van der Waals surface area contributed by atoms with E-state index in [1.807, 2.05) is 0 Å². The predicted molar refractivity (Wildman–Crippen MR) is 104 cm³/mol. The molecule has 0 spiro atoms. The maximum Gasteiger partial charge on any atom is 0.123 e. The second kappa shape index (κ2) is 7.92. The highest BCUT2D eigenvalue weighted by Gasteiger charge is 2.47. The first kappa shape index (κ1) is 20.1. The van der Waals surface area contributed by atoms with Gasteiger partial charge in [-0.1, -0.05) is 0 Å². The second-order valence-electron chi connectivity index (χ2n) is 8.20. The smallest absolute Gasteiger partial charge is 0.123 e. The van der Waals surface area contributed by atoms with E-state index in [-0.39, 0.29) is 24.8 Å². The van der Waals surface area contributed by atoms with Crippen molar-refractivity contribution in [2.45, 2.75) is 56.1 Å². The Labute approximate surface area is 169 Å². The van der Waals surface area contributed by atoms with Crippen LogP contribution >= 0.6 is 0 Å². The van der Waals surface area contributed by atoms with E-state index in [2.05, 4.69) is 0 Å². The largest absolute Gasteiger partial charge is 0.487 e. The van der Waals surface area contributed by atoms with Crippen LogP contribution in [0.25, 0.3) is 0 Å². The molecule has 0 radical (unpaired) electrons. The molecule has 0 bridgehead atoms. The Morgan fingerprint density at radius 2 is 1.21 bits per heavy atom. The molecule has 2 unspecified atom stereocenters. The Kier molecular flexibility index (Phi) is 5.49. The fraction of sp³-hybridized carbons (Fsp3) is 0.478. The highest BCUT2D eigenvalue weighted by molar-refractivity contribution is 5.38. The summed E-state index contributed by atoms with van der Waals surface area (Å²) in [5, 5.41) is 19.5. The van der Waals surface area contributed by atoms with Gasteiger partial charge in [0.2, 0.25) is 0 Å². The van der Waals surface area contributed by atoms with Gasteiger partial charge >= 0.3 is 0 Å². The van der Waals surface area contributed by atoms with Crippen molar-refractivity contribution in [3.05, 3.63) is 59.2 Å². The lowest BCUT2D eigenvalue weighted by molar-refractivity contribution is -0.0732. The summed E-state index contributed by atoms with van der Waals surface area (Å²) in [4.78, 5) is 0. The molecule has 0 aliphatic carbocycles. The van der Waals surface area contributed by atoms with Crippen LogP contribution in [0, 0.1) is 11.6 Å². The molecule has 0 fully saturated rings. The first-order valence-corrected chi connectivity index (χ1v) is 10.1. The topological polar surface area (TPSA) is 58.9 Å². The molecule has 156 valence electrons. The number of aryl methyl sites for hydroxylation is 2. The molecule has 2 N–H and O–H groups in total. The summed E-state index contributed by atoms with van der Waals surface area (Å²) in [5.41, 5.74) is 0.291. The lowest BCUT2D eigenvalue weighted by Crippen LogP contribution is -2.52. The zero-order valence-corrected chi connectivity index (χ0v) is 16.3. The SMILES string of the molecule is OCCC1(CC2(CCO)CCc3cc(F)ccc3O2)CCc2cc(F)ccc2O1. The molecule has 2 heterocycles. The van der Waals surface area contributed by atoms with Crippen LogP contribution in [-0.2, 0) is 12.8 Å². The Balaban J connectivity index is 1.63.